The molecule has 0 spiro atoms. The lowest BCUT2D eigenvalue weighted by molar-refractivity contribution is 0.552. The molecule has 0 aliphatic heterocycles. The zero-order chi connectivity index (χ0) is 6.69. The largest absolute Gasteiger partial charge is 0.0858 e. The van der Waals surface area contributed by atoms with Crippen molar-refractivity contribution >= 4 is 7.85 Å². The van der Waals surface area contributed by atoms with Crippen molar-refractivity contribution in [1.82, 2.24) is 0 Å². The average Bonchev–Trinajstić information content (AvgIpc) is 1.89. The molecule has 0 N–H and O–H groups in total. The number of hydrogen-bond acceptors (Lipinski definition) is 0. The molecule has 0 fully saturated rings. The molecule has 0 aromatic carbocycles. The molecular weight excluding hydrogens is 107 g/mol. The molecule has 1 unspecified atom stereocenters. The van der Waals surface area contributed by atoms with Crippen molar-refractivity contribution in [3.63, 3.8) is 0 Å². The van der Waals surface area contributed by atoms with E-state index in [4.69, 9.17) is 7.85 Å². The Balaban J connectivity index is 2.53. The Kier molecular flexibility index (Phi) is 2.38. The number of allylic oxidation sites excluding steroid dienone is 2. The van der Waals surface area contributed by atoms with Crippen LogP contribution in [0.2, 0.25) is 6.32 Å². The minimum absolute atomic E-state index is 0.753. The molecular formula is C8H13B. The molecule has 9 heavy (non-hydrogen) atoms. The van der Waals surface area contributed by atoms with Gasteiger partial charge in [-0.3, -0.25) is 0 Å². The summed E-state index contributed by atoms with van der Waals surface area (Å²) in [6.45, 7) is 2.26. The molecule has 0 heterocycles. The van der Waals surface area contributed by atoms with Gasteiger partial charge < -0.3 is 0 Å². The van der Waals surface area contributed by atoms with Crippen molar-refractivity contribution in [3.8, 4) is 0 Å². The van der Waals surface area contributed by atoms with Gasteiger partial charge in [-0.25, -0.2) is 0 Å². The van der Waals surface area contributed by atoms with Crippen LogP contribution in [0.5, 0.6) is 0 Å². The van der Waals surface area contributed by atoms with Gasteiger partial charge in [-0.1, -0.05) is 24.9 Å². The van der Waals surface area contributed by atoms with Crippen LogP contribution < -0.4 is 0 Å². The molecule has 0 amide bonds. The Morgan fingerprint density at radius 2 is 2.56 bits per heavy atom. The van der Waals surface area contributed by atoms with Crippen LogP contribution >= 0.6 is 0 Å². The summed E-state index contributed by atoms with van der Waals surface area (Å²) in [5.41, 5.74) is 1.46. The Hall–Kier alpha value is -0.195. The monoisotopic (exact) mass is 120 g/mol. The van der Waals surface area contributed by atoms with Gasteiger partial charge in [0.25, 0.3) is 0 Å². The van der Waals surface area contributed by atoms with Crippen LogP contribution in [0.25, 0.3) is 0 Å². The summed E-state index contributed by atoms with van der Waals surface area (Å²) in [5.74, 6) is 0.753. The molecule has 2 radical (unpaired) electrons. The molecule has 1 atom stereocenters. The lowest BCUT2D eigenvalue weighted by Gasteiger charge is -2.18. The highest BCUT2D eigenvalue weighted by Gasteiger charge is 2.09. The first-order valence-electron chi connectivity index (χ1n) is 3.73. The molecule has 1 aliphatic carbocycles. The fourth-order valence-electron chi connectivity index (χ4n) is 1.38. The van der Waals surface area contributed by atoms with Gasteiger partial charge in [0.05, 0.1) is 7.85 Å². The normalized spacial score (nSPS) is 27.7. The maximum atomic E-state index is 5.53. The van der Waals surface area contributed by atoms with Crippen LogP contribution in [0.3, 0.4) is 0 Å². The highest BCUT2D eigenvalue weighted by atomic mass is 14.1. The number of hydrogen-bond donors (Lipinski definition) is 0. The van der Waals surface area contributed by atoms with E-state index in [0.717, 1.165) is 12.2 Å². The second-order valence-electron chi connectivity index (χ2n) is 2.82. The van der Waals surface area contributed by atoms with Gasteiger partial charge in [0.1, 0.15) is 0 Å². The molecule has 1 aliphatic rings. The van der Waals surface area contributed by atoms with Gasteiger partial charge in [-0.15, -0.1) is 0 Å². The SMILES string of the molecule is [B]CC1=CCCCC1C. The Morgan fingerprint density at radius 3 is 3.00 bits per heavy atom. The lowest BCUT2D eigenvalue weighted by Crippen LogP contribution is -2.03. The van der Waals surface area contributed by atoms with Crippen molar-refractivity contribution < 1.29 is 0 Å². The predicted octanol–water partition coefficient (Wildman–Crippen LogP) is 2.32. The van der Waals surface area contributed by atoms with E-state index in [0.29, 0.717) is 0 Å². The average molecular weight is 120 g/mol. The minimum Gasteiger partial charge on any atom is -0.0858 e. The van der Waals surface area contributed by atoms with E-state index >= 15 is 0 Å². The summed E-state index contributed by atoms with van der Waals surface area (Å²) in [5, 5.41) is 0. The molecule has 0 saturated carbocycles. The van der Waals surface area contributed by atoms with Crippen LogP contribution in [0, 0.1) is 5.92 Å². The molecule has 0 aromatic heterocycles. The van der Waals surface area contributed by atoms with E-state index in [2.05, 4.69) is 13.0 Å². The zero-order valence-corrected chi connectivity index (χ0v) is 6.06. The standard InChI is InChI=1S/C8H13B/c1-7-4-2-3-5-8(7)6-9/h5,7H,2-4,6H2,1H3. The highest BCUT2D eigenvalue weighted by molar-refractivity contribution is 6.10. The van der Waals surface area contributed by atoms with Crippen molar-refractivity contribution in [2.24, 2.45) is 5.92 Å². The topological polar surface area (TPSA) is 0 Å². The Labute approximate surface area is 58.8 Å². The third-order valence-electron chi connectivity index (χ3n) is 2.12. The summed E-state index contributed by atoms with van der Waals surface area (Å²) in [6, 6.07) is 0. The molecule has 0 bridgehead atoms. The number of rotatable bonds is 1. The maximum absolute atomic E-state index is 5.53. The van der Waals surface area contributed by atoms with Crippen molar-refractivity contribution in [3.05, 3.63) is 11.6 Å². The quantitative estimate of drug-likeness (QED) is 0.368. The molecule has 1 heteroatoms. The molecule has 0 saturated heterocycles. The summed E-state index contributed by atoms with van der Waals surface area (Å²) < 4.78 is 0. The predicted molar refractivity (Wildman–Crippen MR) is 41.7 cm³/mol. The second-order valence-corrected chi connectivity index (χ2v) is 2.82. The summed E-state index contributed by atoms with van der Waals surface area (Å²) >= 11 is 0. The summed E-state index contributed by atoms with van der Waals surface area (Å²) in [6.07, 6.45) is 7.00. The zero-order valence-electron chi connectivity index (χ0n) is 6.06. The minimum atomic E-state index is 0.753. The second kappa shape index (κ2) is 3.10. The van der Waals surface area contributed by atoms with Crippen LogP contribution in [-0.2, 0) is 0 Å². The molecule has 0 nitrogen and oxygen atoms in total. The lowest BCUT2D eigenvalue weighted by atomic mass is 9.82. The van der Waals surface area contributed by atoms with Gasteiger partial charge >= 0.3 is 0 Å². The van der Waals surface area contributed by atoms with E-state index < -0.39 is 0 Å². The third kappa shape index (κ3) is 1.60. The van der Waals surface area contributed by atoms with E-state index in [-0.39, 0.29) is 0 Å². The van der Waals surface area contributed by atoms with Gasteiger partial charge in [0.2, 0.25) is 0 Å². The van der Waals surface area contributed by atoms with Crippen molar-refractivity contribution in [2.75, 3.05) is 0 Å². The first kappa shape index (κ1) is 6.92. The van der Waals surface area contributed by atoms with Gasteiger partial charge in [0, 0.05) is 0 Å². The smallest absolute Gasteiger partial charge is 0.0712 e. The first-order valence-corrected chi connectivity index (χ1v) is 3.73. The third-order valence-corrected chi connectivity index (χ3v) is 2.12. The fourth-order valence-corrected chi connectivity index (χ4v) is 1.38. The first-order chi connectivity index (χ1) is 4.34. The van der Waals surface area contributed by atoms with Crippen molar-refractivity contribution in [1.29, 1.82) is 0 Å². The van der Waals surface area contributed by atoms with Gasteiger partial charge in [-0.05, 0) is 25.2 Å². The van der Waals surface area contributed by atoms with Crippen LogP contribution in [0.1, 0.15) is 26.2 Å². The van der Waals surface area contributed by atoms with Gasteiger partial charge in [0.15, 0.2) is 0 Å². The van der Waals surface area contributed by atoms with E-state index in [1.807, 2.05) is 0 Å². The Morgan fingerprint density at radius 1 is 1.78 bits per heavy atom. The molecule has 48 valence electrons. The molecule has 1 rings (SSSR count). The van der Waals surface area contributed by atoms with Crippen LogP contribution in [-0.4, -0.2) is 7.85 Å². The maximum Gasteiger partial charge on any atom is 0.0712 e. The fraction of sp³-hybridized carbons (Fsp3) is 0.750. The summed E-state index contributed by atoms with van der Waals surface area (Å²) in [7, 11) is 5.53. The molecule has 0 aromatic rings. The van der Waals surface area contributed by atoms with Crippen LogP contribution in [0.15, 0.2) is 11.6 Å². The van der Waals surface area contributed by atoms with E-state index in [1.54, 1.807) is 0 Å². The van der Waals surface area contributed by atoms with E-state index in [9.17, 15) is 0 Å². The van der Waals surface area contributed by atoms with Crippen molar-refractivity contribution in [2.45, 2.75) is 32.5 Å². The summed E-state index contributed by atoms with van der Waals surface area (Å²) in [4.78, 5) is 0. The van der Waals surface area contributed by atoms with Crippen LogP contribution in [0.4, 0.5) is 0 Å². The highest BCUT2D eigenvalue weighted by Crippen LogP contribution is 2.25. The van der Waals surface area contributed by atoms with E-state index in [1.165, 1.54) is 24.8 Å². The Bertz CT molecular complexity index is 116. The van der Waals surface area contributed by atoms with Gasteiger partial charge in [-0.2, -0.15) is 0 Å².